The Labute approximate surface area is 111 Å². The number of fused-ring (bicyclic) bond motifs is 3. The van der Waals surface area contributed by atoms with E-state index in [1.54, 1.807) is 11.8 Å². The molecule has 1 aromatic heterocycles. The lowest BCUT2D eigenvalue weighted by Gasteiger charge is -2.30. The SMILES string of the molecule is CC(C)[NH+]1CNc2c(c(=O)nc3n2C[C@H](C)S3)C1. The molecule has 2 aliphatic heterocycles. The monoisotopic (exact) mass is 267 g/mol. The van der Waals surface area contributed by atoms with Crippen LogP contribution in [-0.2, 0) is 13.1 Å². The van der Waals surface area contributed by atoms with Gasteiger partial charge in [-0.05, 0) is 13.8 Å². The van der Waals surface area contributed by atoms with Gasteiger partial charge in [-0.15, -0.1) is 0 Å². The Hall–Kier alpha value is -1.01. The van der Waals surface area contributed by atoms with Crippen LogP contribution >= 0.6 is 11.8 Å². The van der Waals surface area contributed by atoms with Crippen molar-refractivity contribution in [2.45, 2.75) is 50.3 Å². The maximum absolute atomic E-state index is 12.1. The third-order valence-electron chi connectivity index (χ3n) is 3.69. The quantitative estimate of drug-likeness (QED) is 0.699. The fourth-order valence-electron chi connectivity index (χ4n) is 2.56. The van der Waals surface area contributed by atoms with E-state index in [0.717, 1.165) is 36.3 Å². The molecule has 1 aromatic rings. The molecule has 2 N–H and O–H groups in total. The van der Waals surface area contributed by atoms with Crippen molar-refractivity contribution in [3.8, 4) is 0 Å². The van der Waals surface area contributed by atoms with Crippen LogP contribution in [0.25, 0.3) is 0 Å². The summed E-state index contributed by atoms with van der Waals surface area (Å²) < 4.78 is 2.17. The number of rotatable bonds is 1. The largest absolute Gasteiger partial charge is 0.324 e. The Bertz CT molecular complexity index is 540. The summed E-state index contributed by atoms with van der Waals surface area (Å²) in [5.74, 6) is 1.01. The molecule has 0 saturated heterocycles. The molecule has 2 atom stereocenters. The Balaban J connectivity index is 2.05. The van der Waals surface area contributed by atoms with E-state index in [9.17, 15) is 4.79 Å². The maximum atomic E-state index is 12.1. The zero-order valence-corrected chi connectivity index (χ0v) is 11.8. The second-order valence-corrected chi connectivity index (χ2v) is 6.81. The van der Waals surface area contributed by atoms with Gasteiger partial charge in [-0.3, -0.25) is 4.79 Å². The van der Waals surface area contributed by atoms with Crippen LogP contribution in [0.4, 0.5) is 5.82 Å². The lowest BCUT2D eigenvalue weighted by molar-refractivity contribution is -0.933. The van der Waals surface area contributed by atoms with Crippen LogP contribution in [0.1, 0.15) is 26.3 Å². The molecule has 3 rings (SSSR count). The Morgan fingerprint density at radius 3 is 3.06 bits per heavy atom. The molecule has 1 unspecified atom stereocenters. The highest BCUT2D eigenvalue weighted by molar-refractivity contribution is 7.99. The van der Waals surface area contributed by atoms with Gasteiger partial charge < -0.3 is 14.8 Å². The molecule has 0 aromatic carbocycles. The highest BCUT2D eigenvalue weighted by atomic mass is 32.2. The number of quaternary nitrogens is 1. The summed E-state index contributed by atoms with van der Waals surface area (Å²) in [6.07, 6.45) is 0. The Kier molecular flexibility index (Phi) is 2.86. The molecule has 2 aliphatic rings. The second kappa shape index (κ2) is 4.28. The molecule has 0 radical (unpaired) electrons. The summed E-state index contributed by atoms with van der Waals surface area (Å²) in [5, 5.41) is 4.80. The van der Waals surface area contributed by atoms with Crippen molar-refractivity contribution in [1.29, 1.82) is 0 Å². The number of hydrogen-bond acceptors (Lipinski definition) is 4. The van der Waals surface area contributed by atoms with Crippen molar-refractivity contribution in [1.82, 2.24) is 9.55 Å². The highest BCUT2D eigenvalue weighted by Crippen LogP contribution is 2.32. The van der Waals surface area contributed by atoms with Crippen molar-refractivity contribution >= 4 is 17.6 Å². The molecule has 0 saturated carbocycles. The van der Waals surface area contributed by atoms with Gasteiger partial charge >= 0.3 is 0 Å². The molecule has 0 amide bonds. The number of thioether (sulfide) groups is 1. The molecule has 0 fully saturated rings. The normalized spacial score (nSPS) is 25.8. The van der Waals surface area contributed by atoms with Crippen LogP contribution in [0.5, 0.6) is 0 Å². The minimum Gasteiger partial charge on any atom is -0.324 e. The predicted molar refractivity (Wildman–Crippen MR) is 72.1 cm³/mol. The van der Waals surface area contributed by atoms with Crippen molar-refractivity contribution in [3.63, 3.8) is 0 Å². The molecular formula is C12H19N4OS+. The van der Waals surface area contributed by atoms with Gasteiger partial charge in [0.2, 0.25) is 0 Å². The molecular weight excluding hydrogens is 248 g/mol. The van der Waals surface area contributed by atoms with E-state index >= 15 is 0 Å². The number of nitrogens with zero attached hydrogens (tertiary/aromatic N) is 2. The van der Waals surface area contributed by atoms with Crippen LogP contribution in [0.15, 0.2) is 9.95 Å². The number of anilines is 1. The zero-order chi connectivity index (χ0) is 12.9. The van der Waals surface area contributed by atoms with E-state index in [4.69, 9.17) is 0 Å². The van der Waals surface area contributed by atoms with Gasteiger partial charge in [0.15, 0.2) is 11.8 Å². The van der Waals surface area contributed by atoms with Gasteiger partial charge in [-0.2, -0.15) is 4.98 Å². The van der Waals surface area contributed by atoms with E-state index in [2.05, 4.69) is 35.6 Å². The smallest absolute Gasteiger partial charge is 0.284 e. The zero-order valence-electron chi connectivity index (χ0n) is 11.0. The number of nitrogens with one attached hydrogen (secondary N) is 2. The first-order chi connectivity index (χ1) is 8.56. The first kappa shape index (κ1) is 12.0. The standard InChI is InChI=1S/C12H18N4OS/c1-7(2)15-5-9-10(13-6-15)16-4-8(3)18-12(16)14-11(9)17/h7-8,13H,4-6H2,1-3H3/p+1/t8-/m0/s1. The number of hydrogen-bond donors (Lipinski definition) is 2. The first-order valence-corrected chi connectivity index (χ1v) is 7.33. The van der Waals surface area contributed by atoms with E-state index in [-0.39, 0.29) is 5.56 Å². The molecule has 6 heteroatoms. The average Bonchev–Trinajstić information content (AvgIpc) is 2.69. The lowest BCUT2D eigenvalue weighted by Crippen LogP contribution is -3.15. The molecule has 18 heavy (non-hydrogen) atoms. The lowest BCUT2D eigenvalue weighted by atomic mass is 10.2. The summed E-state index contributed by atoms with van der Waals surface area (Å²) in [4.78, 5) is 17.7. The first-order valence-electron chi connectivity index (χ1n) is 6.45. The van der Waals surface area contributed by atoms with Gasteiger partial charge in [0.05, 0.1) is 6.04 Å². The van der Waals surface area contributed by atoms with Gasteiger partial charge in [0.25, 0.3) is 5.56 Å². The van der Waals surface area contributed by atoms with Gasteiger partial charge in [-0.25, -0.2) is 0 Å². The minimum atomic E-state index is -0.0526. The van der Waals surface area contributed by atoms with E-state index in [1.165, 1.54) is 4.90 Å². The van der Waals surface area contributed by atoms with E-state index in [1.807, 2.05) is 0 Å². The van der Waals surface area contributed by atoms with Crippen molar-refractivity contribution in [3.05, 3.63) is 15.9 Å². The maximum Gasteiger partial charge on any atom is 0.284 e. The fourth-order valence-corrected chi connectivity index (χ4v) is 3.58. The van der Waals surface area contributed by atoms with Crippen LogP contribution in [0.2, 0.25) is 0 Å². The Morgan fingerprint density at radius 2 is 2.33 bits per heavy atom. The highest BCUT2D eigenvalue weighted by Gasteiger charge is 2.31. The average molecular weight is 267 g/mol. The molecule has 0 spiro atoms. The topological polar surface area (TPSA) is 51.4 Å². The van der Waals surface area contributed by atoms with Crippen LogP contribution in [0.3, 0.4) is 0 Å². The minimum absolute atomic E-state index is 0.0526. The van der Waals surface area contributed by atoms with Crippen LogP contribution in [-0.4, -0.2) is 27.5 Å². The molecule has 0 aliphatic carbocycles. The predicted octanol–water partition coefficient (Wildman–Crippen LogP) is -0.0862. The van der Waals surface area contributed by atoms with Gasteiger partial charge in [-0.1, -0.05) is 18.7 Å². The van der Waals surface area contributed by atoms with Crippen LogP contribution in [0, 0.1) is 0 Å². The van der Waals surface area contributed by atoms with E-state index < -0.39 is 0 Å². The van der Waals surface area contributed by atoms with Crippen LogP contribution < -0.4 is 15.8 Å². The van der Waals surface area contributed by atoms with Gasteiger partial charge in [0.1, 0.15) is 17.9 Å². The fraction of sp³-hybridized carbons (Fsp3) is 0.667. The molecule has 3 heterocycles. The summed E-state index contributed by atoms with van der Waals surface area (Å²) in [5.41, 5.74) is 0.798. The molecule has 98 valence electrons. The van der Waals surface area contributed by atoms with E-state index in [0.29, 0.717) is 11.3 Å². The second-order valence-electron chi connectivity index (χ2n) is 5.41. The van der Waals surface area contributed by atoms with Crippen molar-refractivity contribution < 1.29 is 4.90 Å². The summed E-state index contributed by atoms with van der Waals surface area (Å²) in [6.45, 7) is 9.14. The number of aromatic nitrogens is 2. The third kappa shape index (κ3) is 1.83. The van der Waals surface area contributed by atoms with Crippen molar-refractivity contribution in [2.24, 2.45) is 0 Å². The van der Waals surface area contributed by atoms with Gasteiger partial charge in [0, 0.05) is 11.8 Å². The third-order valence-corrected chi connectivity index (χ3v) is 4.77. The molecule has 5 nitrogen and oxygen atoms in total. The van der Waals surface area contributed by atoms with Crippen molar-refractivity contribution in [2.75, 3.05) is 12.0 Å². The summed E-state index contributed by atoms with van der Waals surface area (Å²) in [6, 6.07) is 0.511. The summed E-state index contributed by atoms with van der Waals surface area (Å²) >= 11 is 1.69. The Morgan fingerprint density at radius 1 is 1.56 bits per heavy atom. The molecule has 0 bridgehead atoms. The summed E-state index contributed by atoms with van der Waals surface area (Å²) in [7, 11) is 0.